The van der Waals surface area contributed by atoms with Crippen molar-refractivity contribution in [2.24, 2.45) is 0 Å². The van der Waals surface area contributed by atoms with Crippen LogP contribution in [0, 0.1) is 10.1 Å². The number of benzene rings is 2. The van der Waals surface area contributed by atoms with Crippen molar-refractivity contribution in [2.45, 2.75) is 19.9 Å². The first-order valence-corrected chi connectivity index (χ1v) is 7.95. The molecule has 1 aliphatic rings. The molecular weight excluding hydrogens is 306 g/mol. The number of amides is 1. The van der Waals surface area contributed by atoms with E-state index in [4.69, 9.17) is 0 Å². The van der Waals surface area contributed by atoms with Crippen molar-refractivity contribution >= 4 is 23.0 Å². The maximum atomic E-state index is 13.0. The standard InChI is InChI=1S/C18H19N3O3/c1-3-19-13(2)12-20(17-10-5-4-9-16(17)19)18(22)14-7-6-8-15(11-14)21(23)24/h4-11,13H,3,12H2,1-2H3. The van der Waals surface area contributed by atoms with Crippen LogP contribution in [0.15, 0.2) is 48.5 Å². The van der Waals surface area contributed by atoms with Crippen molar-refractivity contribution in [1.29, 1.82) is 0 Å². The van der Waals surface area contributed by atoms with E-state index in [0.29, 0.717) is 12.1 Å². The van der Waals surface area contributed by atoms with Gasteiger partial charge in [-0.25, -0.2) is 0 Å². The number of non-ortho nitro benzene ring substituents is 1. The van der Waals surface area contributed by atoms with Crippen LogP contribution in [-0.4, -0.2) is 30.0 Å². The minimum Gasteiger partial charge on any atom is -0.366 e. The molecule has 0 spiro atoms. The van der Waals surface area contributed by atoms with Crippen LogP contribution in [-0.2, 0) is 0 Å². The van der Waals surface area contributed by atoms with Gasteiger partial charge in [-0.2, -0.15) is 0 Å². The highest BCUT2D eigenvalue weighted by Gasteiger charge is 2.31. The van der Waals surface area contributed by atoms with Gasteiger partial charge in [0.05, 0.1) is 16.3 Å². The molecule has 124 valence electrons. The van der Waals surface area contributed by atoms with Gasteiger partial charge in [0.1, 0.15) is 0 Å². The van der Waals surface area contributed by atoms with Gasteiger partial charge in [-0.3, -0.25) is 14.9 Å². The molecule has 0 fully saturated rings. The van der Waals surface area contributed by atoms with Gasteiger partial charge in [0.15, 0.2) is 0 Å². The van der Waals surface area contributed by atoms with E-state index < -0.39 is 4.92 Å². The Labute approximate surface area is 140 Å². The van der Waals surface area contributed by atoms with Gasteiger partial charge in [0, 0.05) is 36.8 Å². The van der Waals surface area contributed by atoms with Crippen LogP contribution >= 0.6 is 0 Å². The molecule has 6 heteroatoms. The summed E-state index contributed by atoms with van der Waals surface area (Å²) >= 11 is 0. The number of hydrogen-bond donors (Lipinski definition) is 0. The molecule has 6 nitrogen and oxygen atoms in total. The number of carbonyl (C=O) groups is 1. The van der Waals surface area contributed by atoms with Crippen molar-refractivity contribution in [1.82, 2.24) is 0 Å². The Kier molecular flexibility index (Phi) is 4.20. The molecule has 1 heterocycles. The van der Waals surface area contributed by atoms with Crippen LogP contribution < -0.4 is 9.80 Å². The van der Waals surface area contributed by atoms with Crippen molar-refractivity contribution in [3.63, 3.8) is 0 Å². The summed E-state index contributed by atoms with van der Waals surface area (Å²) in [6.07, 6.45) is 0. The minimum atomic E-state index is -0.484. The zero-order chi connectivity index (χ0) is 17.3. The Morgan fingerprint density at radius 1 is 1.21 bits per heavy atom. The number of rotatable bonds is 3. The summed E-state index contributed by atoms with van der Waals surface area (Å²) in [6.45, 7) is 5.57. The Morgan fingerprint density at radius 2 is 1.92 bits per heavy atom. The second-order valence-corrected chi connectivity index (χ2v) is 5.85. The van der Waals surface area contributed by atoms with Gasteiger partial charge in [0.25, 0.3) is 11.6 Å². The Morgan fingerprint density at radius 3 is 2.58 bits per heavy atom. The summed E-state index contributed by atoms with van der Waals surface area (Å²) in [5.41, 5.74) is 2.11. The smallest absolute Gasteiger partial charge is 0.270 e. The van der Waals surface area contributed by atoms with Gasteiger partial charge >= 0.3 is 0 Å². The Balaban J connectivity index is 2.01. The highest BCUT2D eigenvalue weighted by atomic mass is 16.6. The lowest BCUT2D eigenvalue weighted by atomic mass is 10.1. The first-order valence-electron chi connectivity index (χ1n) is 7.95. The van der Waals surface area contributed by atoms with E-state index in [2.05, 4.69) is 18.7 Å². The maximum absolute atomic E-state index is 13.0. The van der Waals surface area contributed by atoms with E-state index >= 15 is 0 Å². The van der Waals surface area contributed by atoms with Gasteiger partial charge < -0.3 is 9.80 Å². The second-order valence-electron chi connectivity index (χ2n) is 5.85. The monoisotopic (exact) mass is 325 g/mol. The third kappa shape index (κ3) is 2.71. The molecule has 0 saturated carbocycles. The topological polar surface area (TPSA) is 66.7 Å². The number of nitrogens with zero attached hydrogens (tertiary/aromatic N) is 3. The molecule has 2 aromatic carbocycles. The molecule has 0 saturated heterocycles. The van der Waals surface area contributed by atoms with Crippen LogP contribution in [0.3, 0.4) is 0 Å². The lowest BCUT2D eigenvalue weighted by Gasteiger charge is -2.42. The average molecular weight is 325 g/mol. The van der Waals surface area contributed by atoms with E-state index in [0.717, 1.165) is 17.9 Å². The predicted molar refractivity (Wildman–Crippen MR) is 93.7 cm³/mol. The van der Waals surface area contributed by atoms with Gasteiger partial charge in [0.2, 0.25) is 0 Å². The molecule has 0 radical (unpaired) electrons. The zero-order valence-electron chi connectivity index (χ0n) is 13.7. The number of hydrogen-bond acceptors (Lipinski definition) is 4. The van der Waals surface area contributed by atoms with E-state index in [9.17, 15) is 14.9 Å². The fourth-order valence-electron chi connectivity index (χ4n) is 3.22. The normalized spacial score (nSPS) is 16.7. The molecule has 3 rings (SSSR count). The second kappa shape index (κ2) is 6.31. The molecule has 1 aliphatic heterocycles. The molecule has 0 bridgehead atoms. The molecule has 1 atom stereocenters. The highest BCUT2D eigenvalue weighted by Crippen LogP contribution is 2.36. The number of likely N-dealkylation sites (N-methyl/N-ethyl adjacent to an activating group) is 1. The van der Waals surface area contributed by atoms with Gasteiger partial charge in [-0.15, -0.1) is 0 Å². The zero-order valence-corrected chi connectivity index (χ0v) is 13.7. The lowest BCUT2D eigenvalue weighted by molar-refractivity contribution is -0.384. The van der Waals surface area contributed by atoms with E-state index in [1.165, 1.54) is 12.1 Å². The summed E-state index contributed by atoms with van der Waals surface area (Å²) in [5, 5.41) is 11.0. The third-order valence-corrected chi connectivity index (χ3v) is 4.35. The summed E-state index contributed by atoms with van der Waals surface area (Å²) in [5.74, 6) is -0.214. The maximum Gasteiger partial charge on any atom is 0.270 e. The molecule has 0 aliphatic carbocycles. The summed E-state index contributed by atoms with van der Waals surface area (Å²) in [6, 6.07) is 13.8. The van der Waals surface area contributed by atoms with E-state index in [-0.39, 0.29) is 17.6 Å². The van der Waals surface area contributed by atoms with Crippen LogP contribution in [0.25, 0.3) is 0 Å². The van der Waals surface area contributed by atoms with E-state index in [1.807, 2.05) is 24.3 Å². The summed E-state index contributed by atoms with van der Waals surface area (Å²) < 4.78 is 0. The molecule has 2 aromatic rings. The number of para-hydroxylation sites is 2. The SMILES string of the molecule is CCN1c2ccccc2N(C(=O)c2cccc([N+](=O)[O-])c2)CC1C. The average Bonchev–Trinajstić information content (AvgIpc) is 2.60. The fourth-order valence-corrected chi connectivity index (χ4v) is 3.22. The first kappa shape index (κ1) is 16.0. The van der Waals surface area contributed by atoms with Crippen molar-refractivity contribution in [3.8, 4) is 0 Å². The summed E-state index contributed by atoms with van der Waals surface area (Å²) in [7, 11) is 0. The molecule has 1 unspecified atom stereocenters. The number of carbonyl (C=O) groups excluding carboxylic acids is 1. The Hall–Kier alpha value is -2.89. The molecule has 0 N–H and O–H groups in total. The first-order chi connectivity index (χ1) is 11.5. The van der Waals surface area contributed by atoms with Crippen LogP contribution in [0.2, 0.25) is 0 Å². The highest BCUT2D eigenvalue weighted by molar-refractivity contribution is 6.08. The minimum absolute atomic E-state index is 0.0747. The van der Waals surface area contributed by atoms with Gasteiger partial charge in [-0.05, 0) is 32.0 Å². The molecule has 24 heavy (non-hydrogen) atoms. The van der Waals surface area contributed by atoms with Crippen LogP contribution in [0.4, 0.5) is 17.1 Å². The Bertz CT molecular complexity index is 791. The quantitative estimate of drug-likeness (QED) is 0.640. The van der Waals surface area contributed by atoms with Gasteiger partial charge in [-0.1, -0.05) is 18.2 Å². The number of nitro groups is 1. The third-order valence-electron chi connectivity index (χ3n) is 4.35. The van der Waals surface area contributed by atoms with Crippen molar-refractivity contribution in [2.75, 3.05) is 22.9 Å². The van der Waals surface area contributed by atoms with Crippen LogP contribution in [0.1, 0.15) is 24.2 Å². The predicted octanol–water partition coefficient (Wildman–Crippen LogP) is 3.47. The van der Waals surface area contributed by atoms with Crippen molar-refractivity contribution in [3.05, 3.63) is 64.2 Å². The van der Waals surface area contributed by atoms with Crippen molar-refractivity contribution < 1.29 is 9.72 Å². The number of fused-ring (bicyclic) bond motifs is 1. The van der Waals surface area contributed by atoms with Crippen LogP contribution in [0.5, 0.6) is 0 Å². The molecular formula is C18H19N3O3. The largest absolute Gasteiger partial charge is 0.366 e. The molecule has 0 aromatic heterocycles. The molecule has 1 amide bonds. The van der Waals surface area contributed by atoms with E-state index in [1.54, 1.807) is 17.0 Å². The number of anilines is 2. The number of nitro benzene ring substituents is 1. The lowest BCUT2D eigenvalue weighted by Crippen LogP contribution is -2.49. The summed E-state index contributed by atoms with van der Waals surface area (Å²) in [4.78, 5) is 27.4. The fraction of sp³-hybridized carbons (Fsp3) is 0.278.